The van der Waals surface area contributed by atoms with Crippen LogP contribution in [0.15, 0.2) is 24.8 Å². The molecule has 0 aliphatic carbocycles. The Balaban J connectivity index is 1.48. The van der Waals surface area contributed by atoms with E-state index in [4.69, 9.17) is 24.6 Å². The molecule has 11 N–H and O–H groups in total. The Morgan fingerprint density at radius 3 is 2.45 bits per heavy atom. The third-order valence-electron chi connectivity index (χ3n) is 7.51. The lowest BCUT2D eigenvalue weighted by molar-refractivity contribution is -0.137. The fourth-order valence-corrected chi connectivity index (χ4v) is 8.20. The van der Waals surface area contributed by atoms with Gasteiger partial charge in [0.05, 0.1) is 19.5 Å². The summed E-state index contributed by atoms with van der Waals surface area (Å²) in [5, 5.41) is 34.9. The first-order chi connectivity index (χ1) is 26.1. The maximum atomic E-state index is 12.7. The van der Waals surface area contributed by atoms with Crippen molar-refractivity contribution in [3.05, 3.63) is 24.8 Å². The summed E-state index contributed by atoms with van der Waals surface area (Å²) in [6, 6.07) is 0. The maximum absolute atomic E-state index is 12.7. The van der Waals surface area contributed by atoms with E-state index in [1.807, 2.05) is 0 Å². The Morgan fingerprint density at radius 2 is 1.77 bits per heavy atom. The Bertz CT molecular complexity index is 1850. The minimum atomic E-state index is -5.57. The molecule has 25 nitrogen and oxygen atoms in total. The van der Waals surface area contributed by atoms with E-state index in [1.165, 1.54) is 13.8 Å². The number of nitrogens with two attached hydrogens (primary N) is 1. The maximum Gasteiger partial charge on any atom is 0.481 e. The normalized spacial score (nSPS) is 21.8. The summed E-state index contributed by atoms with van der Waals surface area (Å²) in [4.78, 5) is 87.2. The third kappa shape index (κ3) is 14.9. The predicted octanol–water partition coefficient (Wildman–Crippen LogP) is -1.01. The van der Waals surface area contributed by atoms with Gasteiger partial charge in [-0.25, -0.2) is 28.6 Å². The van der Waals surface area contributed by atoms with Gasteiger partial charge in [0.25, 0.3) is 0 Å². The number of imidazole rings is 1. The van der Waals surface area contributed by atoms with Crippen LogP contribution in [0.5, 0.6) is 0 Å². The van der Waals surface area contributed by atoms with Gasteiger partial charge in [0.15, 0.2) is 22.8 Å². The molecule has 1 fully saturated rings. The number of aromatic nitrogens is 4. The second kappa shape index (κ2) is 20.8. The van der Waals surface area contributed by atoms with Crippen LogP contribution in [0.4, 0.5) is 5.82 Å². The zero-order valence-corrected chi connectivity index (χ0v) is 33.3. The molecule has 7 unspecified atom stereocenters. The summed E-state index contributed by atoms with van der Waals surface area (Å²) in [6.07, 6.45) is -3.03. The van der Waals surface area contributed by atoms with Gasteiger partial charge in [-0.2, -0.15) is 4.31 Å². The number of hydrogen-bond donors (Lipinski definition) is 10. The number of rotatable bonds is 23. The van der Waals surface area contributed by atoms with E-state index in [1.54, 1.807) is 12.2 Å². The predicted molar refractivity (Wildman–Crippen MR) is 193 cm³/mol. The molecule has 1 aliphatic rings. The van der Waals surface area contributed by atoms with E-state index in [-0.39, 0.29) is 54.6 Å². The number of hydrogen-bond acceptors (Lipinski definition) is 19. The van der Waals surface area contributed by atoms with Gasteiger partial charge >= 0.3 is 23.5 Å². The van der Waals surface area contributed by atoms with Crippen LogP contribution in [0.3, 0.4) is 0 Å². The van der Waals surface area contributed by atoms with Gasteiger partial charge in [0.2, 0.25) is 11.8 Å². The Hall–Kier alpha value is -2.74. The first-order valence-corrected chi connectivity index (χ1v) is 21.9. The van der Waals surface area contributed by atoms with Crippen molar-refractivity contribution in [2.75, 3.05) is 44.4 Å². The number of carbonyl (C=O) groups excluding carboxylic acids is 3. The molecule has 1 saturated heterocycles. The number of fused-ring (bicyclic) bond motifs is 1. The van der Waals surface area contributed by atoms with Gasteiger partial charge in [0.1, 0.15) is 36.3 Å². The number of nitrogens with zero attached hydrogens (tertiary/aromatic N) is 4. The first-order valence-electron chi connectivity index (χ1n) is 16.4. The van der Waals surface area contributed by atoms with Gasteiger partial charge in [-0.3, -0.25) is 32.5 Å². The quantitative estimate of drug-likeness (QED) is 0.0363. The van der Waals surface area contributed by atoms with Crippen LogP contribution in [0.25, 0.3) is 11.2 Å². The molecule has 0 bridgehead atoms. The number of thioether (sulfide) groups is 1. The van der Waals surface area contributed by atoms with Crippen LogP contribution in [0.1, 0.15) is 39.3 Å². The fourth-order valence-electron chi connectivity index (χ4n) is 4.73. The van der Waals surface area contributed by atoms with E-state index in [9.17, 15) is 57.9 Å². The summed E-state index contributed by atoms with van der Waals surface area (Å²) in [5.74, 6) is -1.19. The van der Waals surface area contributed by atoms with E-state index in [0.717, 1.165) is 29.0 Å². The summed E-state index contributed by atoms with van der Waals surface area (Å²) >= 11 is 1.01. The molecular formula is C27H44N7O18P3S. The van der Waals surface area contributed by atoms with E-state index in [2.05, 4.69) is 34.4 Å². The van der Waals surface area contributed by atoms with Crippen molar-refractivity contribution in [1.82, 2.24) is 30.2 Å². The molecule has 0 saturated carbocycles. The van der Waals surface area contributed by atoms with Crippen molar-refractivity contribution in [3.8, 4) is 0 Å². The van der Waals surface area contributed by atoms with Crippen LogP contribution in [-0.2, 0) is 50.7 Å². The van der Waals surface area contributed by atoms with Crippen LogP contribution < -0.4 is 16.4 Å². The monoisotopic (exact) mass is 879 g/mol. The van der Waals surface area contributed by atoms with Crippen molar-refractivity contribution >= 4 is 69.1 Å². The second-order valence-corrected chi connectivity index (χ2v) is 17.9. The zero-order valence-electron chi connectivity index (χ0n) is 29.8. The molecular weight excluding hydrogens is 835 g/mol. The molecule has 2 aromatic rings. The molecule has 316 valence electrons. The number of aliphatic hydroxyl groups excluding tert-OH is 3. The molecule has 0 radical (unpaired) electrons. The number of amides is 2. The molecule has 2 amide bonds. The number of nitrogen functional groups attached to an aromatic ring is 1. The van der Waals surface area contributed by atoms with Crippen LogP contribution >= 0.6 is 35.2 Å². The number of ether oxygens (including phenoxy) is 1. The van der Waals surface area contributed by atoms with Gasteiger partial charge in [-0.05, 0) is 6.42 Å². The molecule has 0 spiro atoms. The number of aliphatic hydroxyl groups is 3. The molecule has 0 aromatic carbocycles. The number of allylic oxidation sites excluding steroid dienone is 1. The molecule has 29 heteroatoms. The van der Waals surface area contributed by atoms with Gasteiger partial charge in [0, 0.05) is 43.7 Å². The lowest BCUT2D eigenvalue weighted by atomic mass is 9.87. The highest BCUT2D eigenvalue weighted by Gasteiger charge is 2.50. The molecule has 3 heterocycles. The largest absolute Gasteiger partial charge is 0.481 e. The molecule has 2 aromatic heterocycles. The lowest BCUT2D eigenvalue weighted by Crippen LogP contribution is -2.46. The van der Waals surface area contributed by atoms with Crippen molar-refractivity contribution in [2.45, 2.75) is 63.8 Å². The standard InChI is InChI=1S/C27H44N7O18P3S/c1-27(2,22(39)25(40)30-8-7-17(36)29-9-11-56-18(37)6-4-3-5-10-35)13-49-55(46,47)52-54(44,45)48-12-16-21(51-53(41,42)43)20(38)26(50-16)34-15-33-19-23(28)31-14-32-24(19)34/h3-4,14-16,20-22,26,35,38-39H,5-13H2,1-2H3,(H,29,36)(H,30,40)(H,44,45)(H,46,47)(H2,28,31,32)(H2,41,42,43)/b4-3-. The van der Waals surface area contributed by atoms with E-state index in [0.29, 0.717) is 12.2 Å². The van der Waals surface area contributed by atoms with Crippen LogP contribution in [0.2, 0.25) is 0 Å². The van der Waals surface area contributed by atoms with Crippen LogP contribution in [-0.4, -0.2) is 134 Å². The van der Waals surface area contributed by atoms with Crippen molar-refractivity contribution in [3.63, 3.8) is 0 Å². The van der Waals surface area contributed by atoms with Crippen molar-refractivity contribution in [1.29, 1.82) is 0 Å². The van der Waals surface area contributed by atoms with Gasteiger partial charge in [-0.15, -0.1) is 0 Å². The first kappa shape index (κ1) is 47.6. The average molecular weight is 880 g/mol. The molecule has 56 heavy (non-hydrogen) atoms. The zero-order chi connectivity index (χ0) is 41.9. The van der Waals surface area contributed by atoms with E-state index >= 15 is 0 Å². The van der Waals surface area contributed by atoms with Crippen LogP contribution in [0, 0.1) is 5.41 Å². The number of nitrogens with one attached hydrogen (secondary N) is 2. The van der Waals surface area contributed by atoms with E-state index < -0.39 is 84.6 Å². The minimum Gasteiger partial charge on any atom is -0.396 e. The Morgan fingerprint density at radius 1 is 1.07 bits per heavy atom. The highest BCUT2D eigenvalue weighted by molar-refractivity contribution is 8.13. The number of carbonyl (C=O) groups is 3. The second-order valence-electron chi connectivity index (χ2n) is 12.5. The number of anilines is 1. The summed E-state index contributed by atoms with van der Waals surface area (Å²) in [7, 11) is -16.4. The number of phosphoric acid groups is 3. The Labute approximate surface area is 322 Å². The average Bonchev–Trinajstić information content (AvgIpc) is 3.66. The molecule has 3 rings (SSSR count). The third-order valence-corrected chi connectivity index (χ3v) is 11.5. The SMILES string of the molecule is CC(C)(COP(=O)(O)OP(=O)(O)OCC1OC(n2cnc3c(N)ncnc32)C(O)C1OP(=O)(O)O)C(O)C(=O)NCCC(=O)NCCSC(=O)C/C=C\CCO. The summed E-state index contributed by atoms with van der Waals surface area (Å²) in [5.41, 5.74) is 4.24. The van der Waals surface area contributed by atoms with Crippen molar-refractivity contribution in [2.24, 2.45) is 5.41 Å². The Kier molecular flexibility index (Phi) is 17.7. The highest BCUT2D eigenvalue weighted by atomic mass is 32.2. The number of phosphoric ester groups is 3. The highest BCUT2D eigenvalue weighted by Crippen LogP contribution is 2.61. The fraction of sp³-hybridized carbons (Fsp3) is 0.630. The van der Waals surface area contributed by atoms with Gasteiger partial charge < -0.3 is 56.0 Å². The summed E-state index contributed by atoms with van der Waals surface area (Å²) < 4.78 is 62.0. The van der Waals surface area contributed by atoms with Crippen molar-refractivity contribution < 1.29 is 85.6 Å². The smallest absolute Gasteiger partial charge is 0.396 e. The van der Waals surface area contributed by atoms with Gasteiger partial charge in [-0.1, -0.05) is 37.8 Å². The minimum absolute atomic E-state index is 0.0182. The molecule has 7 atom stereocenters. The topological polar surface area (TPSA) is 384 Å². The summed E-state index contributed by atoms with van der Waals surface area (Å²) in [6.45, 7) is 0.392. The lowest BCUT2D eigenvalue weighted by Gasteiger charge is -2.30. The molecule has 1 aliphatic heterocycles.